The molecule has 1 saturated heterocycles. The Morgan fingerprint density at radius 2 is 2.26 bits per heavy atom. The second kappa shape index (κ2) is 7.16. The molecule has 8 nitrogen and oxygen atoms in total. The molecule has 1 fully saturated rings. The molecule has 0 aliphatic carbocycles. The van der Waals surface area contributed by atoms with Crippen molar-refractivity contribution < 1.29 is 9.21 Å². The van der Waals surface area contributed by atoms with Gasteiger partial charge in [-0.05, 0) is 40.9 Å². The number of carbonyl (C=O) groups excluding carboxylic acids is 1. The van der Waals surface area contributed by atoms with E-state index in [1.165, 1.54) is 0 Å². The van der Waals surface area contributed by atoms with Gasteiger partial charge in [-0.15, -0.1) is 0 Å². The minimum atomic E-state index is -0.392. The summed E-state index contributed by atoms with van der Waals surface area (Å²) in [5.74, 6) is -0.366. The minimum absolute atomic E-state index is 0.0264. The van der Waals surface area contributed by atoms with Gasteiger partial charge in [-0.25, -0.2) is 0 Å². The summed E-state index contributed by atoms with van der Waals surface area (Å²) in [4.78, 5) is 23.5. The van der Waals surface area contributed by atoms with Gasteiger partial charge in [0.2, 0.25) is 5.88 Å². The summed E-state index contributed by atoms with van der Waals surface area (Å²) in [7, 11) is 0. The molecule has 4 rings (SSSR count). The topological polar surface area (TPSA) is 123 Å². The number of anilines is 3. The first-order chi connectivity index (χ1) is 13.0. The molecule has 0 spiro atoms. The maximum Gasteiger partial charge on any atom is 0.263 e. The highest BCUT2D eigenvalue weighted by atomic mass is 79.9. The van der Waals surface area contributed by atoms with Gasteiger partial charge >= 0.3 is 0 Å². The van der Waals surface area contributed by atoms with Crippen LogP contribution < -0.4 is 21.7 Å². The Labute approximate surface area is 164 Å². The monoisotopic (exact) mass is 430 g/mol. The smallest absolute Gasteiger partial charge is 0.263 e. The maximum atomic E-state index is 12.9. The number of hydrogen-bond donors (Lipinski definition) is 3. The molecular weight excluding hydrogens is 412 g/mol. The largest absolute Gasteiger partial charge is 0.438 e. The van der Waals surface area contributed by atoms with Gasteiger partial charge in [0.25, 0.3) is 5.91 Å². The predicted octanol–water partition coefficient (Wildman–Crippen LogP) is 2.75. The Morgan fingerprint density at radius 1 is 1.41 bits per heavy atom. The number of rotatable bonds is 3. The number of pyridine rings is 2. The highest BCUT2D eigenvalue weighted by Crippen LogP contribution is 2.31. The number of fused-ring (bicyclic) bond motifs is 1. The van der Waals surface area contributed by atoms with Crippen LogP contribution in [0.1, 0.15) is 23.2 Å². The zero-order valence-electron chi connectivity index (χ0n) is 14.5. The summed E-state index contributed by atoms with van der Waals surface area (Å²) in [5, 5.41) is 2.90. The molecule has 1 atom stereocenters. The van der Waals surface area contributed by atoms with Gasteiger partial charge in [-0.1, -0.05) is 0 Å². The first-order valence-corrected chi connectivity index (χ1v) is 9.41. The average molecular weight is 431 g/mol. The fourth-order valence-corrected chi connectivity index (χ4v) is 3.67. The lowest BCUT2D eigenvalue weighted by Gasteiger charge is -2.33. The molecule has 0 saturated carbocycles. The van der Waals surface area contributed by atoms with Gasteiger partial charge in [-0.2, -0.15) is 0 Å². The molecule has 5 N–H and O–H groups in total. The number of furan rings is 1. The molecule has 3 aromatic heterocycles. The number of carbonyl (C=O) groups is 1. The zero-order chi connectivity index (χ0) is 19.0. The summed E-state index contributed by atoms with van der Waals surface area (Å²) in [6.45, 7) is 1.62. The van der Waals surface area contributed by atoms with Crippen molar-refractivity contribution in [3.05, 3.63) is 40.8 Å². The van der Waals surface area contributed by atoms with Crippen molar-refractivity contribution in [2.75, 3.05) is 29.0 Å². The van der Waals surface area contributed by atoms with Crippen molar-refractivity contribution in [3.63, 3.8) is 0 Å². The van der Waals surface area contributed by atoms with E-state index in [-0.39, 0.29) is 17.5 Å². The third kappa shape index (κ3) is 3.47. The second-order valence-electron chi connectivity index (χ2n) is 6.54. The minimum Gasteiger partial charge on any atom is -0.438 e. The first-order valence-electron chi connectivity index (χ1n) is 8.62. The number of aromatic nitrogens is 2. The van der Waals surface area contributed by atoms with E-state index >= 15 is 0 Å². The molecule has 1 aliphatic rings. The number of nitrogens with two attached hydrogens (primary N) is 2. The van der Waals surface area contributed by atoms with Gasteiger partial charge in [0.15, 0.2) is 5.58 Å². The SMILES string of the molecule is Nc1oc2cc(Br)cnc2c1C(=O)Nc1cnccc1N1CCC[C@@H](N)C1. The van der Waals surface area contributed by atoms with Crippen LogP contribution in [0.2, 0.25) is 0 Å². The second-order valence-corrected chi connectivity index (χ2v) is 7.45. The Kier molecular flexibility index (Phi) is 4.71. The number of nitrogen functional groups attached to an aromatic ring is 1. The molecule has 0 aromatic carbocycles. The lowest BCUT2D eigenvalue weighted by atomic mass is 10.1. The van der Waals surface area contributed by atoms with Gasteiger partial charge in [0.1, 0.15) is 11.1 Å². The summed E-state index contributed by atoms with van der Waals surface area (Å²) in [6.07, 6.45) is 6.93. The fraction of sp³-hybridized carbons (Fsp3) is 0.278. The van der Waals surface area contributed by atoms with Crippen LogP contribution >= 0.6 is 15.9 Å². The molecule has 0 bridgehead atoms. The van der Waals surface area contributed by atoms with E-state index in [2.05, 4.69) is 36.1 Å². The van der Waals surface area contributed by atoms with E-state index in [9.17, 15) is 4.79 Å². The summed E-state index contributed by atoms with van der Waals surface area (Å²) >= 11 is 3.33. The molecule has 3 aromatic rings. The van der Waals surface area contributed by atoms with E-state index < -0.39 is 5.91 Å². The van der Waals surface area contributed by atoms with Crippen LogP contribution in [0.4, 0.5) is 17.3 Å². The summed E-state index contributed by atoms with van der Waals surface area (Å²) in [6, 6.07) is 3.71. The average Bonchev–Trinajstić information content (AvgIpc) is 2.97. The summed E-state index contributed by atoms with van der Waals surface area (Å²) < 4.78 is 6.22. The van der Waals surface area contributed by atoms with Gasteiger partial charge in [0.05, 0.1) is 17.6 Å². The van der Waals surface area contributed by atoms with Crippen LogP contribution in [0.25, 0.3) is 11.1 Å². The number of nitrogens with zero attached hydrogens (tertiary/aromatic N) is 3. The fourth-order valence-electron chi connectivity index (χ4n) is 3.36. The Bertz CT molecular complexity index is 1000. The Hall–Kier alpha value is -2.65. The van der Waals surface area contributed by atoms with E-state index in [0.717, 1.165) is 36.1 Å². The predicted molar refractivity (Wildman–Crippen MR) is 108 cm³/mol. The lowest BCUT2D eigenvalue weighted by molar-refractivity contribution is 0.102. The van der Waals surface area contributed by atoms with Gasteiger partial charge < -0.3 is 26.1 Å². The first kappa shape index (κ1) is 17.7. The summed E-state index contributed by atoms with van der Waals surface area (Å²) in [5.41, 5.74) is 14.6. The highest BCUT2D eigenvalue weighted by molar-refractivity contribution is 9.10. The number of nitrogens with one attached hydrogen (secondary N) is 1. The van der Waals surface area contributed by atoms with Crippen molar-refractivity contribution in [1.82, 2.24) is 9.97 Å². The van der Waals surface area contributed by atoms with Crippen molar-refractivity contribution in [2.45, 2.75) is 18.9 Å². The Morgan fingerprint density at radius 3 is 3.07 bits per heavy atom. The molecule has 4 heterocycles. The highest BCUT2D eigenvalue weighted by Gasteiger charge is 2.24. The number of amides is 1. The number of piperidine rings is 1. The Balaban J connectivity index is 1.65. The van der Waals surface area contributed by atoms with Crippen LogP contribution in [0.5, 0.6) is 0 Å². The van der Waals surface area contributed by atoms with Crippen molar-refractivity contribution >= 4 is 50.2 Å². The van der Waals surface area contributed by atoms with E-state index in [4.69, 9.17) is 15.9 Å². The molecular formula is C18H19BrN6O2. The molecule has 0 radical (unpaired) electrons. The number of hydrogen-bond acceptors (Lipinski definition) is 7. The zero-order valence-corrected chi connectivity index (χ0v) is 16.1. The van der Waals surface area contributed by atoms with Crippen LogP contribution in [-0.2, 0) is 0 Å². The molecule has 140 valence electrons. The third-order valence-electron chi connectivity index (χ3n) is 4.59. The molecule has 1 amide bonds. The standard InChI is InChI=1S/C18H19BrN6O2/c19-10-6-14-16(23-7-10)15(17(21)27-14)18(26)24-12-8-22-4-3-13(12)25-5-1-2-11(20)9-25/h3-4,6-8,11H,1-2,5,9,20-21H2,(H,24,26)/t11-/m1/s1. The van der Waals surface area contributed by atoms with Crippen molar-refractivity contribution in [3.8, 4) is 0 Å². The normalized spacial score (nSPS) is 17.3. The molecule has 9 heteroatoms. The van der Waals surface area contributed by atoms with Gasteiger partial charge in [0, 0.05) is 36.0 Å². The van der Waals surface area contributed by atoms with Crippen LogP contribution in [-0.4, -0.2) is 35.0 Å². The number of halogens is 1. The van der Waals surface area contributed by atoms with E-state index in [1.807, 2.05) is 6.07 Å². The molecule has 0 unspecified atom stereocenters. The van der Waals surface area contributed by atoms with Crippen LogP contribution in [0.15, 0.2) is 39.6 Å². The van der Waals surface area contributed by atoms with E-state index in [1.54, 1.807) is 24.7 Å². The third-order valence-corrected chi connectivity index (χ3v) is 5.03. The van der Waals surface area contributed by atoms with Gasteiger partial charge in [-0.3, -0.25) is 14.8 Å². The molecule has 27 heavy (non-hydrogen) atoms. The van der Waals surface area contributed by atoms with Crippen LogP contribution in [0, 0.1) is 0 Å². The van der Waals surface area contributed by atoms with Crippen molar-refractivity contribution in [2.24, 2.45) is 5.73 Å². The van der Waals surface area contributed by atoms with Crippen LogP contribution in [0.3, 0.4) is 0 Å². The maximum absolute atomic E-state index is 12.9. The quantitative estimate of drug-likeness (QED) is 0.583. The van der Waals surface area contributed by atoms with Crippen molar-refractivity contribution in [1.29, 1.82) is 0 Å². The van der Waals surface area contributed by atoms with E-state index in [0.29, 0.717) is 16.8 Å². The molecule has 1 aliphatic heterocycles. The lowest BCUT2D eigenvalue weighted by Crippen LogP contribution is -2.43.